The number of aliphatic hydroxyl groups is 1. The maximum atomic E-state index is 13.1. The summed E-state index contributed by atoms with van der Waals surface area (Å²) in [6, 6.07) is 0. The van der Waals surface area contributed by atoms with Gasteiger partial charge in [0.15, 0.2) is 12.2 Å². The summed E-state index contributed by atoms with van der Waals surface area (Å²) in [4.78, 5) is 72.7. The molecule has 95 heavy (non-hydrogen) atoms. The first-order valence-electron chi connectivity index (χ1n) is 39.4. The van der Waals surface area contributed by atoms with Gasteiger partial charge in [-0.05, 0) is 43.4 Å². The Balaban J connectivity index is 5.20. The predicted molar refractivity (Wildman–Crippen MR) is 386 cm³/mol. The molecular formula is C76H148O17P2. The van der Waals surface area contributed by atoms with E-state index in [-0.39, 0.29) is 25.7 Å². The third kappa shape index (κ3) is 69.0. The molecule has 0 bridgehead atoms. The summed E-state index contributed by atoms with van der Waals surface area (Å²) in [5.41, 5.74) is 0. The molecule has 0 spiro atoms. The quantitative estimate of drug-likeness (QED) is 0.0222. The Kier molecular flexibility index (Phi) is 65.2. The monoisotopic (exact) mass is 1400 g/mol. The van der Waals surface area contributed by atoms with Crippen molar-refractivity contribution < 1.29 is 80.2 Å². The van der Waals surface area contributed by atoms with Gasteiger partial charge in [-0.25, -0.2) is 9.13 Å². The maximum Gasteiger partial charge on any atom is 0.472 e. The molecule has 0 aliphatic heterocycles. The van der Waals surface area contributed by atoms with Crippen molar-refractivity contribution in [1.29, 1.82) is 0 Å². The van der Waals surface area contributed by atoms with Crippen LogP contribution in [0.1, 0.15) is 389 Å². The van der Waals surface area contributed by atoms with Gasteiger partial charge in [-0.3, -0.25) is 37.3 Å². The second-order valence-electron chi connectivity index (χ2n) is 28.6. The zero-order valence-electron chi connectivity index (χ0n) is 62.1. The highest BCUT2D eigenvalue weighted by Gasteiger charge is 2.30. The van der Waals surface area contributed by atoms with Crippen molar-refractivity contribution in [1.82, 2.24) is 0 Å². The molecule has 0 rings (SSSR count). The van der Waals surface area contributed by atoms with E-state index >= 15 is 0 Å². The second kappa shape index (κ2) is 66.6. The number of unbranched alkanes of at least 4 members (excludes halogenated alkanes) is 41. The highest BCUT2D eigenvalue weighted by atomic mass is 31.2. The van der Waals surface area contributed by atoms with Crippen LogP contribution in [0.25, 0.3) is 0 Å². The van der Waals surface area contributed by atoms with E-state index in [1.807, 2.05) is 0 Å². The molecule has 0 heterocycles. The van der Waals surface area contributed by atoms with Gasteiger partial charge in [0, 0.05) is 25.7 Å². The molecule has 0 radical (unpaired) electrons. The van der Waals surface area contributed by atoms with Crippen molar-refractivity contribution in [2.45, 2.75) is 407 Å². The van der Waals surface area contributed by atoms with Crippen molar-refractivity contribution in [2.75, 3.05) is 39.6 Å². The number of phosphoric ester groups is 2. The van der Waals surface area contributed by atoms with Gasteiger partial charge in [0.2, 0.25) is 0 Å². The van der Waals surface area contributed by atoms with Crippen LogP contribution in [0.15, 0.2) is 0 Å². The first-order chi connectivity index (χ1) is 45.8. The lowest BCUT2D eigenvalue weighted by molar-refractivity contribution is -0.161. The number of carbonyl (C=O) groups is 4. The fraction of sp³-hybridized carbons (Fsp3) is 0.947. The molecule has 19 heteroatoms. The topological polar surface area (TPSA) is 237 Å². The number of esters is 4. The SMILES string of the molecule is CCCCCCCCCCCCCCCCC(=O)OC[C@H](COP(=O)(O)OC[C@@H](O)COP(=O)(O)OC[C@@H](COC(=O)CCCCCCCCC(C)CC)OC(=O)CCCCCCCCCC(C)C)OC(=O)CCCCCCCCCCCCCCCCCCCCC(C)C. The van der Waals surface area contributed by atoms with E-state index in [1.54, 1.807) is 0 Å². The molecule has 564 valence electrons. The minimum atomic E-state index is -4.96. The van der Waals surface area contributed by atoms with Crippen molar-refractivity contribution in [3.63, 3.8) is 0 Å². The largest absolute Gasteiger partial charge is 0.472 e. The molecule has 0 aliphatic rings. The summed E-state index contributed by atoms with van der Waals surface area (Å²) >= 11 is 0. The zero-order valence-corrected chi connectivity index (χ0v) is 63.9. The van der Waals surface area contributed by atoms with Crippen LogP contribution < -0.4 is 0 Å². The van der Waals surface area contributed by atoms with Crippen molar-refractivity contribution >= 4 is 39.5 Å². The lowest BCUT2D eigenvalue weighted by Gasteiger charge is -2.21. The molecule has 0 saturated carbocycles. The third-order valence-electron chi connectivity index (χ3n) is 18.0. The highest BCUT2D eigenvalue weighted by molar-refractivity contribution is 7.47. The average molecular weight is 1400 g/mol. The minimum Gasteiger partial charge on any atom is -0.462 e. The van der Waals surface area contributed by atoms with Gasteiger partial charge in [-0.15, -0.1) is 0 Å². The van der Waals surface area contributed by atoms with Crippen LogP contribution in [0, 0.1) is 17.8 Å². The van der Waals surface area contributed by atoms with Crippen LogP contribution in [0.3, 0.4) is 0 Å². The number of hydrogen-bond donors (Lipinski definition) is 3. The van der Waals surface area contributed by atoms with Crippen LogP contribution in [0.4, 0.5) is 0 Å². The van der Waals surface area contributed by atoms with Crippen molar-refractivity contribution in [3.8, 4) is 0 Å². The number of phosphoric acid groups is 2. The lowest BCUT2D eigenvalue weighted by Crippen LogP contribution is -2.30. The summed E-state index contributed by atoms with van der Waals surface area (Å²) < 4.78 is 68.5. The molecule has 0 aromatic carbocycles. The van der Waals surface area contributed by atoms with Crippen LogP contribution >= 0.6 is 15.6 Å². The molecular weight excluding hydrogens is 1250 g/mol. The lowest BCUT2D eigenvalue weighted by atomic mass is 10.00. The van der Waals surface area contributed by atoms with Gasteiger partial charge in [0.25, 0.3) is 0 Å². The molecule has 0 fully saturated rings. The Morgan fingerprint density at radius 3 is 0.800 bits per heavy atom. The Morgan fingerprint density at radius 1 is 0.305 bits per heavy atom. The summed E-state index contributed by atoms with van der Waals surface area (Å²) in [5, 5.41) is 10.6. The Bertz CT molecular complexity index is 1850. The first kappa shape index (κ1) is 93.1. The van der Waals surface area contributed by atoms with Gasteiger partial charge in [-0.2, -0.15) is 0 Å². The minimum absolute atomic E-state index is 0.103. The Hall–Kier alpha value is -1.94. The molecule has 6 atom stereocenters. The van der Waals surface area contributed by atoms with E-state index in [0.29, 0.717) is 31.6 Å². The van der Waals surface area contributed by atoms with Crippen molar-refractivity contribution in [2.24, 2.45) is 17.8 Å². The molecule has 3 N–H and O–H groups in total. The molecule has 0 aliphatic carbocycles. The maximum absolute atomic E-state index is 13.1. The highest BCUT2D eigenvalue weighted by Crippen LogP contribution is 2.45. The third-order valence-corrected chi connectivity index (χ3v) is 19.9. The number of hydrogen-bond acceptors (Lipinski definition) is 15. The summed E-state index contributed by atoms with van der Waals surface area (Å²) in [6.45, 7) is 11.8. The van der Waals surface area contributed by atoms with Crippen LogP contribution in [-0.2, 0) is 65.4 Å². The van der Waals surface area contributed by atoms with Crippen molar-refractivity contribution in [3.05, 3.63) is 0 Å². The number of ether oxygens (including phenoxy) is 4. The van der Waals surface area contributed by atoms with Gasteiger partial charge in [-0.1, -0.05) is 337 Å². The van der Waals surface area contributed by atoms with Gasteiger partial charge in [0.05, 0.1) is 26.4 Å². The van der Waals surface area contributed by atoms with Crippen LogP contribution in [0.5, 0.6) is 0 Å². The van der Waals surface area contributed by atoms with E-state index in [0.717, 1.165) is 108 Å². The summed E-state index contributed by atoms with van der Waals surface area (Å²) in [6.07, 6.45) is 53.0. The van der Waals surface area contributed by atoms with E-state index < -0.39 is 97.5 Å². The predicted octanol–water partition coefficient (Wildman–Crippen LogP) is 22.2. The van der Waals surface area contributed by atoms with E-state index in [1.165, 1.54) is 193 Å². The fourth-order valence-electron chi connectivity index (χ4n) is 11.6. The Labute approximate surface area is 581 Å². The van der Waals surface area contributed by atoms with Gasteiger partial charge < -0.3 is 33.8 Å². The normalized spacial score (nSPS) is 14.4. The number of carbonyl (C=O) groups excluding carboxylic acids is 4. The molecule has 3 unspecified atom stereocenters. The molecule has 0 amide bonds. The van der Waals surface area contributed by atoms with Crippen LogP contribution in [0.2, 0.25) is 0 Å². The van der Waals surface area contributed by atoms with Gasteiger partial charge >= 0.3 is 39.5 Å². The first-order valence-corrected chi connectivity index (χ1v) is 42.4. The molecule has 17 nitrogen and oxygen atoms in total. The number of aliphatic hydroxyl groups excluding tert-OH is 1. The van der Waals surface area contributed by atoms with E-state index in [2.05, 4.69) is 48.5 Å². The van der Waals surface area contributed by atoms with E-state index in [9.17, 15) is 43.2 Å². The standard InChI is InChI=1S/C76H148O17P2/c1-8-10-11-12-13-14-15-16-24-27-30-35-43-50-57-73(78)86-63-71(92-75(80)59-52-45-36-31-28-25-22-20-18-17-19-21-23-26-29-33-40-47-54-67(3)4)65-90-94(82,83)88-61-70(77)62-89-95(84,85)91-66-72(93-76(81)60-53-46-37-32-34-41-48-55-68(5)6)64-87-74(79)58-51-44-39-38-42-49-56-69(7)9-2/h67-72,77H,8-66H2,1-7H3,(H,82,83)(H,84,85)/t69?,70-,71-,72-/m1/s1. The molecule has 0 aromatic heterocycles. The molecule has 0 aromatic rings. The zero-order chi connectivity index (χ0) is 70.1. The average Bonchev–Trinajstić information content (AvgIpc) is 3.05. The van der Waals surface area contributed by atoms with E-state index in [4.69, 9.17) is 37.0 Å². The smallest absolute Gasteiger partial charge is 0.462 e. The summed E-state index contributed by atoms with van der Waals surface area (Å²) in [5.74, 6) is 0.126. The number of rotatable bonds is 74. The Morgan fingerprint density at radius 2 is 0.537 bits per heavy atom. The second-order valence-corrected chi connectivity index (χ2v) is 31.5. The van der Waals surface area contributed by atoms with Gasteiger partial charge in [0.1, 0.15) is 19.3 Å². The summed E-state index contributed by atoms with van der Waals surface area (Å²) in [7, 11) is -9.91. The fourth-order valence-corrected chi connectivity index (χ4v) is 13.1. The molecule has 0 saturated heterocycles. The van der Waals surface area contributed by atoms with Crippen LogP contribution in [-0.4, -0.2) is 96.7 Å².